The number of halogens is 3. The molecule has 0 saturated heterocycles. The van der Waals surface area contributed by atoms with E-state index in [0.717, 1.165) is 0 Å². The van der Waals surface area contributed by atoms with E-state index in [-0.39, 0.29) is 11.3 Å². The molecule has 0 aliphatic heterocycles. The number of aromatic nitrogens is 1. The van der Waals surface area contributed by atoms with Crippen LogP contribution in [-0.2, 0) is 14.8 Å². The fraction of sp³-hybridized carbons (Fsp3) is 0.154. The molecule has 0 atom stereocenters. The van der Waals surface area contributed by atoms with Crippen molar-refractivity contribution in [1.29, 1.82) is 0 Å². The topological polar surface area (TPSA) is 65.4 Å². The van der Waals surface area contributed by atoms with E-state index in [1.54, 1.807) is 0 Å². The molecule has 0 N–H and O–H groups in total. The third-order valence-corrected chi connectivity index (χ3v) is 4.28. The maximum atomic E-state index is 14.1. The molecular formula is C13H10F3NO4S. The second kappa shape index (κ2) is 5.48. The summed E-state index contributed by atoms with van der Waals surface area (Å²) in [7, 11) is -4.12. The molecular weight excluding hydrogens is 323 g/mol. The summed E-state index contributed by atoms with van der Waals surface area (Å²) < 4.78 is 64.9. The van der Waals surface area contributed by atoms with Crippen molar-refractivity contribution in [2.45, 2.75) is 11.8 Å². The fourth-order valence-electron chi connectivity index (χ4n) is 2.25. The van der Waals surface area contributed by atoms with Crippen molar-refractivity contribution < 1.29 is 31.5 Å². The van der Waals surface area contributed by atoms with E-state index in [9.17, 15) is 26.5 Å². The van der Waals surface area contributed by atoms with Gasteiger partial charge in [-0.1, -0.05) is 0 Å². The van der Waals surface area contributed by atoms with Gasteiger partial charge < -0.3 is 4.57 Å². The van der Waals surface area contributed by atoms with Gasteiger partial charge >= 0.3 is 5.97 Å². The third kappa shape index (κ3) is 2.47. The van der Waals surface area contributed by atoms with Crippen LogP contribution in [0, 0.1) is 18.6 Å². The summed E-state index contributed by atoms with van der Waals surface area (Å²) in [5, 5.41) is 0. The molecule has 118 valence electrons. The molecule has 0 amide bonds. The summed E-state index contributed by atoms with van der Waals surface area (Å²) in [6.45, 7) is 1.18. The fourth-order valence-corrected chi connectivity index (χ4v) is 3.31. The first-order chi connectivity index (χ1) is 10.2. The predicted octanol–water partition coefficient (Wildman–Crippen LogP) is 2.51. The van der Waals surface area contributed by atoms with Gasteiger partial charge in [-0.2, -0.15) is 0 Å². The van der Waals surface area contributed by atoms with Crippen LogP contribution in [0.15, 0.2) is 29.4 Å². The Morgan fingerprint density at radius 1 is 1.18 bits per heavy atom. The van der Waals surface area contributed by atoms with Gasteiger partial charge in [-0.25, -0.2) is 26.9 Å². The molecule has 0 bridgehead atoms. The molecule has 0 saturated carbocycles. The molecule has 0 fully saturated rings. The molecule has 9 heteroatoms. The van der Waals surface area contributed by atoms with Gasteiger partial charge in [-0.05, 0) is 24.6 Å². The molecule has 0 aliphatic rings. The molecule has 1 aromatic carbocycles. The van der Waals surface area contributed by atoms with E-state index in [4.69, 9.17) is 0 Å². The highest BCUT2D eigenvalue weighted by atomic mass is 32.2. The van der Waals surface area contributed by atoms with Crippen LogP contribution in [0.4, 0.5) is 13.3 Å². The van der Waals surface area contributed by atoms with Gasteiger partial charge in [0, 0.05) is 23.2 Å². The van der Waals surface area contributed by atoms with Crippen LogP contribution in [0.5, 0.6) is 0 Å². The van der Waals surface area contributed by atoms with E-state index < -0.39 is 37.9 Å². The Labute approximate surface area is 123 Å². The van der Waals surface area contributed by atoms with Gasteiger partial charge in [0.25, 0.3) is 0 Å². The van der Waals surface area contributed by atoms with Crippen molar-refractivity contribution in [3.8, 4) is 5.69 Å². The minimum Gasteiger partial charge on any atom is -0.323 e. The summed E-state index contributed by atoms with van der Waals surface area (Å²) in [6.07, 6.45) is 3.42. The lowest BCUT2D eigenvalue weighted by Crippen LogP contribution is -2.17. The monoisotopic (exact) mass is 333 g/mol. The molecule has 1 heterocycles. The summed E-state index contributed by atoms with van der Waals surface area (Å²) >= 11 is 0. The molecule has 5 nitrogen and oxygen atoms in total. The second-order valence-corrected chi connectivity index (χ2v) is 6.49. The normalized spacial score (nSPS) is 11.5. The highest BCUT2D eigenvalue weighted by Crippen LogP contribution is 2.32. The maximum absolute atomic E-state index is 14.1. The molecule has 0 unspecified atom stereocenters. The first-order valence-corrected chi connectivity index (χ1v) is 7.77. The number of sulfone groups is 1. The lowest BCUT2D eigenvalue weighted by Gasteiger charge is -2.16. The number of hydrogen-bond donors (Lipinski definition) is 0. The molecule has 1 aromatic heterocycles. The van der Waals surface area contributed by atoms with Crippen molar-refractivity contribution in [3.63, 3.8) is 0 Å². The second-order valence-electron chi connectivity index (χ2n) is 4.53. The summed E-state index contributed by atoms with van der Waals surface area (Å²) in [6, 6.07) is 3.01. The van der Waals surface area contributed by atoms with Crippen LogP contribution in [0.25, 0.3) is 5.69 Å². The Kier molecular flexibility index (Phi) is 4.01. The highest BCUT2D eigenvalue weighted by molar-refractivity contribution is 7.90. The van der Waals surface area contributed by atoms with Crippen LogP contribution in [0.1, 0.15) is 15.9 Å². The van der Waals surface area contributed by atoms with Crippen molar-refractivity contribution in [2.75, 3.05) is 6.26 Å². The number of carbonyl (C=O) groups excluding carboxylic acids is 1. The van der Waals surface area contributed by atoms with Crippen LogP contribution >= 0.6 is 0 Å². The summed E-state index contributed by atoms with van der Waals surface area (Å²) in [5.41, 5.74) is -1.58. The molecule has 0 spiro atoms. The minimum absolute atomic E-state index is 0.238. The SMILES string of the molecule is Cc1c(-n2cccc2)c(C(=O)OF)c(F)c(F)c1S(C)(=O)=O. The van der Waals surface area contributed by atoms with E-state index in [1.807, 2.05) is 0 Å². The lowest BCUT2D eigenvalue weighted by molar-refractivity contribution is -0.0792. The van der Waals surface area contributed by atoms with E-state index in [2.05, 4.69) is 4.94 Å². The van der Waals surface area contributed by atoms with Crippen molar-refractivity contribution in [3.05, 3.63) is 47.3 Å². The van der Waals surface area contributed by atoms with Crippen molar-refractivity contribution in [1.82, 2.24) is 4.57 Å². The van der Waals surface area contributed by atoms with Gasteiger partial charge in [0.15, 0.2) is 21.5 Å². The van der Waals surface area contributed by atoms with Crippen LogP contribution in [-0.4, -0.2) is 25.2 Å². The van der Waals surface area contributed by atoms with Crippen LogP contribution in [0.3, 0.4) is 0 Å². The molecule has 22 heavy (non-hydrogen) atoms. The zero-order valence-electron chi connectivity index (χ0n) is 11.4. The van der Waals surface area contributed by atoms with E-state index in [1.165, 1.54) is 36.0 Å². The first kappa shape index (κ1) is 16.1. The van der Waals surface area contributed by atoms with Gasteiger partial charge in [-0.3, -0.25) is 0 Å². The standard InChI is InChI=1S/C13H10F3NO4S/c1-7-11(17-5-3-4-6-17)8(13(18)21-16)9(14)10(15)12(7)22(2,19)20/h3-6H,1-2H3. The Balaban J connectivity index is 3.02. The van der Waals surface area contributed by atoms with Gasteiger partial charge in [0.1, 0.15) is 10.5 Å². The smallest absolute Gasteiger partial charge is 0.323 e. The van der Waals surface area contributed by atoms with Crippen LogP contribution < -0.4 is 0 Å². The van der Waals surface area contributed by atoms with E-state index in [0.29, 0.717) is 6.26 Å². The zero-order chi connectivity index (χ0) is 16.7. The molecule has 2 rings (SSSR count). The summed E-state index contributed by atoms with van der Waals surface area (Å²) in [4.78, 5) is 13.5. The average molecular weight is 333 g/mol. The number of rotatable bonds is 3. The van der Waals surface area contributed by atoms with Crippen LogP contribution in [0.2, 0.25) is 0 Å². The first-order valence-electron chi connectivity index (χ1n) is 5.88. The Morgan fingerprint density at radius 3 is 2.18 bits per heavy atom. The predicted molar refractivity (Wildman–Crippen MR) is 70.1 cm³/mol. The number of hydrogen-bond acceptors (Lipinski definition) is 4. The van der Waals surface area contributed by atoms with E-state index >= 15 is 0 Å². The quantitative estimate of drug-likeness (QED) is 0.866. The van der Waals surface area contributed by atoms with Gasteiger partial charge in [0.2, 0.25) is 0 Å². The largest absolute Gasteiger partial charge is 0.384 e. The molecule has 0 aliphatic carbocycles. The van der Waals surface area contributed by atoms with Crippen molar-refractivity contribution >= 4 is 15.8 Å². The Morgan fingerprint density at radius 2 is 1.73 bits per heavy atom. The number of benzene rings is 1. The minimum atomic E-state index is -4.12. The van der Waals surface area contributed by atoms with Gasteiger partial charge in [-0.15, -0.1) is 0 Å². The van der Waals surface area contributed by atoms with Crippen molar-refractivity contribution in [2.24, 2.45) is 0 Å². The lowest BCUT2D eigenvalue weighted by atomic mass is 10.1. The maximum Gasteiger partial charge on any atom is 0.384 e. The Bertz CT molecular complexity index is 845. The highest BCUT2D eigenvalue weighted by Gasteiger charge is 2.32. The number of carbonyl (C=O) groups is 1. The molecule has 2 aromatic rings. The molecule has 0 radical (unpaired) electrons. The Hall–Kier alpha value is -2.29. The number of nitrogens with zero attached hydrogens (tertiary/aromatic N) is 1. The average Bonchev–Trinajstić information content (AvgIpc) is 2.94. The third-order valence-electron chi connectivity index (χ3n) is 3.05. The van der Waals surface area contributed by atoms with Gasteiger partial charge in [0.05, 0.1) is 5.69 Å². The zero-order valence-corrected chi connectivity index (χ0v) is 12.2. The summed E-state index contributed by atoms with van der Waals surface area (Å²) in [5.74, 6) is -5.31.